The molecule has 1 aromatic carbocycles. The largest absolute Gasteiger partial charge is 0.478 e. The van der Waals surface area contributed by atoms with Gasteiger partial charge >= 0.3 is 5.97 Å². The van der Waals surface area contributed by atoms with Crippen LogP contribution in [-0.4, -0.2) is 11.1 Å². The first kappa shape index (κ1) is 11.9. The molecule has 90 valence electrons. The summed E-state index contributed by atoms with van der Waals surface area (Å²) in [5.41, 5.74) is 2.73. The van der Waals surface area contributed by atoms with Crippen molar-refractivity contribution in [3.8, 4) is 0 Å². The molecule has 0 bridgehead atoms. The Morgan fingerprint density at radius 1 is 1.35 bits per heavy atom. The first-order valence-corrected chi connectivity index (χ1v) is 6.18. The molecule has 0 saturated heterocycles. The van der Waals surface area contributed by atoms with Crippen molar-refractivity contribution < 1.29 is 9.90 Å². The highest BCUT2D eigenvalue weighted by Crippen LogP contribution is 2.34. The van der Waals surface area contributed by atoms with E-state index in [2.05, 4.69) is 12.1 Å². The lowest BCUT2D eigenvalue weighted by Crippen LogP contribution is -1.96. The molecule has 1 aliphatic rings. The number of benzene rings is 1. The Kier molecular flexibility index (Phi) is 3.62. The molecular formula is C15H18O2. The summed E-state index contributed by atoms with van der Waals surface area (Å²) < 4.78 is 0. The van der Waals surface area contributed by atoms with Crippen LogP contribution in [0.15, 0.2) is 29.8 Å². The van der Waals surface area contributed by atoms with Crippen molar-refractivity contribution in [1.29, 1.82) is 0 Å². The average molecular weight is 230 g/mol. The van der Waals surface area contributed by atoms with Gasteiger partial charge in [0, 0.05) is 5.57 Å². The van der Waals surface area contributed by atoms with Gasteiger partial charge in [0.1, 0.15) is 0 Å². The third kappa shape index (κ3) is 2.96. The summed E-state index contributed by atoms with van der Waals surface area (Å²) in [6, 6.07) is 8.27. The van der Waals surface area contributed by atoms with E-state index in [0.29, 0.717) is 11.5 Å². The molecular weight excluding hydrogens is 212 g/mol. The molecule has 1 N–H and O–H groups in total. The number of carboxylic acid groups (broad SMARTS) is 1. The van der Waals surface area contributed by atoms with E-state index in [4.69, 9.17) is 5.11 Å². The molecule has 0 spiro atoms. The third-order valence-electron chi connectivity index (χ3n) is 3.46. The molecule has 0 aliphatic heterocycles. The summed E-state index contributed by atoms with van der Waals surface area (Å²) in [4.78, 5) is 10.8. The van der Waals surface area contributed by atoms with Crippen LogP contribution < -0.4 is 0 Å². The Hall–Kier alpha value is -1.57. The maximum Gasteiger partial charge on any atom is 0.331 e. The smallest absolute Gasteiger partial charge is 0.331 e. The van der Waals surface area contributed by atoms with Crippen molar-refractivity contribution >= 4 is 12.0 Å². The molecule has 17 heavy (non-hydrogen) atoms. The van der Waals surface area contributed by atoms with Gasteiger partial charge in [-0.2, -0.15) is 0 Å². The monoisotopic (exact) mass is 230 g/mol. The predicted molar refractivity (Wildman–Crippen MR) is 68.9 cm³/mol. The summed E-state index contributed by atoms with van der Waals surface area (Å²) in [6.07, 6.45) is 6.91. The predicted octanol–water partition coefficient (Wildman–Crippen LogP) is 3.83. The molecule has 2 heteroatoms. The fraction of sp³-hybridized carbons (Fsp3) is 0.400. The number of hydrogen-bond acceptors (Lipinski definition) is 1. The van der Waals surface area contributed by atoms with Gasteiger partial charge in [-0.1, -0.05) is 37.1 Å². The fourth-order valence-corrected chi connectivity index (χ4v) is 2.47. The normalized spacial score (nSPS) is 17.4. The van der Waals surface area contributed by atoms with Crippen molar-refractivity contribution in [2.75, 3.05) is 0 Å². The summed E-state index contributed by atoms with van der Waals surface area (Å²) in [6.45, 7) is 1.63. The molecule has 2 rings (SSSR count). The summed E-state index contributed by atoms with van der Waals surface area (Å²) >= 11 is 0. The van der Waals surface area contributed by atoms with Crippen LogP contribution >= 0.6 is 0 Å². The van der Waals surface area contributed by atoms with Gasteiger partial charge in [0.15, 0.2) is 0 Å². The number of aliphatic carboxylic acids is 1. The molecule has 1 saturated carbocycles. The highest BCUT2D eigenvalue weighted by molar-refractivity contribution is 5.91. The standard InChI is InChI=1S/C15H18O2/c1-11(15(16)17)9-12-5-4-8-14(10-12)13-6-2-3-7-13/h4-5,8-10,13H,2-3,6-7H2,1H3,(H,16,17). The molecule has 1 aliphatic carbocycles. The van der Waals surface area contributed by atoms with Crippen LogP contribution in [-0.2, 0) is 4.79 Å². The highest BCUT2D eigenvalue weighted by Gasteiger charge is 2.16. The molecule has 0 heterocycles. The Morgan fingerprint density at radius 2 is 2.06 bits per heavy atom. The van der Waals surface area contributed by atoms with Crippen molar-refractivity contribution in [3.05, 3.63) is 41.0 Å². The van der Waals surface area contributed by atoms with E-state index in [0.717, 1.165) is 5.56 Å². The lowest BCUT2D eigenvalue weighted by molar-refractivity contribution is -0.132. The van der Waals surface area contributed by atoms with Gasteiger partial charge in [-0.15, -0.1) is 0 Å². The van der Waals surface area contributed by atoms with E-state index in [-0.39, 0.29) is 0 Å². The van der Waals surface area contributed by atoms with Crippen LogP contribution in [0.25, 0.3) is 6.08 Å². The fourth-order valence-electron chi connectivity index (χ4n) is 2.47. The second kappa shape index (κ2) is 5.17. The second-order valence-corrected chi connectivity index (χ2v) is 4.78. The minimum Gasteiger partial charge on any atom is -0.478 e. The van der Waals surface area contributed by atoms with E-state index in [9.17, 15) is 4.79 Å². The molecule has 0 aromatic heterocycles. The number of hydrogen-bond donors (Lipinski definition) is 1. The average Bonchev–Trinajstić information content (AvgIpc) is 2.82. The van der Waals surface area contributed by atoms with E-state index < -0.39 is 5.97 Å². The van der Waals surface area contributed by atoms with Gasteiger partial charge in [0.25, 0.3) is 0 Å². The Bertz CT molecular complexity index is 440. The second-order valence-electron chi connectivity index (χ2n) is 4.78. The van der Waals surface area contributed by atoms with Gasteiger partial charge in [-0.3, -0.25) is 0 Å². The van der Waals surface area contributed by atoms with Crippen molar-refractivity contribution in [3.63, 3.8) is 0 Å². The third-order valence-corrected chi connectivity index (χ3v) is 3.46. The number of rotatable bonds is 3. The molecule has 0 unspecified atom stereocenters. The summed E-state index contributed by atoms with van der Waals surface area (Å²) in [7, 11) is 0. The van der Waals surface area contributed by atoms with Crippen LogP contribution in [0, 0.1) is 0 Å². The van der Waals surface area contributed by atoms with Gasteiger partial charge < -0.3 is 5.11 Å². The zero-order valence-corrected chi connectivity index (χ0v) is 10.1. The lowest BCUT2D eigenvalue weighted by Gasteiger charge is -2.10. The van der Waals surface area contributed by atoms with Crippen molar-refractivity contribution in [2.24, 2.45) is 0 Å². The van der Waals surface area contributed by atoms with Gasteiger partial charge in [0.05, 0.1) is 0 Å². The SMILES string of the molecule is CC(=Cc1cccc(C2CCCC2)c1)C(=O)O. The minimum absolute atomic E-state index is 0.383. The summed E-state index contributed by atoms with van der Waals surface area (Å²) in [5, 5.41) is 8.86. The quantitative estimate of drug-likeness (QED) is 0.801. The zero-order chi connectivity index (χ0) is 12.3. The van der Waals surface area contributed by atoms with Crippen LogP contribution in [0.4, 0.5) is 0 Å². The molecule has 0 radical (unpaired) electrons. The van der Waals surface area contributed by atoms with Gasteiger partial charge in [-0.25, -0.2) is 4.79 Å². The Balaban J connectivity index is 2.22. The molecule has 0 atom stereocenters. The minimum atomic E-state index is -0.851. The Morgan fingerprint density at radius 3 is 2.71 bits per heavy atom. The van der Waals surface area contributed by atoms with E-state index in [1.165, 1.54) is 31.2 Å². The topological polar surface area (TPSA) is 37.3 Å². The van der Waals surface area contributed by atoms with E-state index in [1.54, 1.807) is 13.0 Å². The van der Waals surface area contributed by atoms with Crippen LogP contribution in [0.2, 0.25) is 0 Å². The van der Waals surface area contributed by atoms with Gasteiger partial charge in [0.2, 0.25) is 0 Å². The summed E-state index contributed by atoms with van der Waals surface area (Å²) in [5.74, 6) is -0.176. The molecule has 0 amide bonds. The van der Waals surface area contributed by atoms with Crippen LogP contribution in [0.1, 0.15) is 49.7 Å². The highest BCUT2D eigenvalue weighted by atomic mass is 16.4. The molecule has 1 fully saturated rings. The van der Waals surface area contributed by atoms with Crippen molar-refractivity contribution in [1.82, 2.24) is 0 Å². The zero-order valence-electron chi connectivity index (χ0n) is 10.1. The maximum atomic E-state index is 10.8. The number of carboxylic acids is 1. The first-order chi connectivity index (χ1) is 8.16. The van der Waals surface area contributed by atoms with Crippen LogP contribution in [0.3, 0.4) is 0 Å². The van der Waals surface area contributed by atoms with Gasteiger partial charge in [-0.05, 0) is 42.9 Å². The maximum absolute atomic E-state index is 10.8. The number of carbonyl (C=O) groups is 1. The molecule has 2 nitrogen and oxygen atoms in total. The van der Waals surface area contributed by atoms with Crippen LogP contribution in [0.5, 0.6) is 0 Å². The van der Waals surface area contributed by atoms with E-state index in [1.807, 2.05) is 12.1 Å². The van der Waals surface area contributed by atoms with Crippen molar-refractivity contribution in [2.45, 2.75) is 38.5 Å². The van der Waals surface area contributed by atoms with E-state index >= 15 is 0 Å². The molecule has 1 aromatic rings. The first-order valence-electron chi connectivity index (χ1n) is 6.18. The Labute approximate surface area is 102 Å². The lowest BCUT2D eigenvalue weighted by atomic mass is 9.95.